The van der Waals surface area contributed by atoms with Gasteiger partial charge in [-0.15, -0.1) is 26.0 Å². The molecule has 1 aromatic heterocycles. The van der Waals surface area contributed by atoms with Crippen molar-refractivity contribution in [2.24, 2.45) is 34.8 Å². The molecule has 0 spiro atoms. The Hall–Kier alpha value is -4.54. The number of benzene rings is 1. The summed E-state index contributed by atoms with van der Waals surface area (Å²) in [7, 11) is -2.68. The lowest BCUT2D eigenvalue weighted by molar-refractivity contribution is -0.142. The number of primary amides is 1. The number of rotatable bonds is 14. The Kier molecular flexibility index (Phi) is 22.0. The molecule has 1 aromatic carbocycles. The van der Waals surface area contributed by atoms with E-state index in [4.69, 9.17) is 22.4 Å². The van der Waals surface area contributed by atoms with Crippen LogP contribution in [-0.2, 0) is 35.1 Å². The third-order valence-corrected chi connectivity index (χ3v) is 13.4. The van der Waals surface area contributed by atoms with Crippen LogP contribution in [0.5, 0.6) is 0 Å². The summed E-state index contributed by atoms with van der Waals surface area (Å²) in [5.41, 5.74) is 4.09. The first kappa shape index (κ1) is 56.5. The van der Waals surface area contributed by atoms with Crippen molar-refractivity contribution in [1.82, 2.24) is 24.9 Å². The summed E-state index contributed by atoms with van der Waals surface area (Å²) in [5.74, 6) is -5.73. The maximum Gasteiger partial charge on any atom is 0.295 e. The summed E-state index contributed by atoms with van der Waals surface area (Å²) in [4.78, 5) is 65.8. The molecule has 3 aliphatic carbocycles. The molecule has 14 nitrogen and oxygen atoms in total. The second kappa shape index (κ2) is 24.5. The predicted molar refractivity (Wildman–Crippen MR) is 235 cm³/mol. The molecule has 20 heteroatoms. The lowest BCUT2D eigenvalue weighted by Gasteiger charge is -2.34. The molecule has 2 aromatic rings. The SMILES string of the molecule is C#C.C=C.CC1(S(=O)(=O)NC(=O)[C@H]2CC2C(F)F)CC1.CO.C[C@@H]1CCN(C(=O)[C@@H](NC=O)C(C)(C)C)[C@@H]1C(N)=O.O=c1[nH]c2cc(Cl)ccc2nc1C(F)(F)CCCCC1CC1. The summed E-state index contributed by atoms with van der Waals surface area (Å²) in [6.45, 7) is 15.5. The van der Waals surface area contributed by atoms with Crippen LogP contribution in [0, 0.1) is 41.9 Å². The minimum Gasteiger partial charge on any atom is -0.400 e. The quantitative estimate of drug-likeness (QED) is 0.0488. The lowest BCUT2D eigenvalue weighted by Crippen LogP contribution is -2.56. The van der Waals surface area contributed by atoms with Gasteiger partial charge in [0, 0.05) is 36.9 Å². The molecule has 4 amide bonds. The molecule has 0 radical (unpaired) electrons. The molecule has 63 heavy (non-hydrogen) atoms. The van der Waals surface area contributed by atoms with Crippen LogP contribution in [-0.4, -0.2) is 89.4 Å². The summed E-state index contributed by atoms with van der Waals surface area (Å²) >= 11 is 5.82. The number of nitrogens with zero attached hydrogens (tertiary/aromatic N) is 2. The fourth-order valence-electron chi connectivity index (χ4n) is 6.74. The molecule has 1 saturated heterocycles. The minimum absolute atomic E-state index is 0.0540. The molecule has 3 saturated carbocycles. The number of unbranched alkanes of at least 4 members (excludes halogenated alkanes) is 1. The van der Waals surface area contributed by atoms with E-state index in [1.165, 1.54) is 29.9 Å². The van der Waals surface area contributed by atoms with Crippen molar-refractivity contribution in [3.63, 3.8) is 0 Å². The van der Waals surface area contributed by atoms with Gasteiger partial charge in [-0.2, -0.15) is 8.78 Å². The number of aliphatic hydroxyl groups excluding tert-OH is 1. The smallest absolute Gasteiger partial charge is 0.295 e. The van der Waals surface area contributed by atoms with Gasteiger partial charge in [-0.1, -0.05) is 65.0 Å². The van der Waals surface area contributed by atoms with E-state index in [9.17, 15) is 50.0 Å². The molecule has 0 bridgehead atoms. The third-order valence-electron chi connectivity index (χ3n) is 11.0. The van der Waals surface area contributed by atoms with Crippen LogP contribution in [0.3, 0.4) is 0 Å². The Balaban J connectivity index is 0.000000450. The van der Waals surface area contributed by atoms with Crippen molar-refractivity contribution in [1.29, 1.82) is 0 Å². The van der Waals surface area contributed by atoms with Gasteiger partial charge in [0.05, 0.1) is 15.8 Å². The molecular formula is C43H63ClF4N6O8S. The normalized spacial score (nSPS) is 21.0. The first-order chi connectivity index (χ1) is 29.4. The number of aromatic amines is 1. The minimum atomic E-state index is -3.68. The highest BCUT2D eigenvalue weighted by Gasteiger charge is 2.54. The van der Waals surface area contributed by atoms with Crippen LogP contribution in [0.1, 0.15) is 105 Å². The first-order valence-corrected chi connectivity index (χ1v) is 22.3. The van der Waals surface area contributed by atoms with E-state index >= 15 is 0 Å². The van der Waals surface area contributed by atoms with Crippen LogP contribution in [0.25, 0.3) is 11.0 Å². The topological polar surface area (TPSA) is 222 Å². The van der Waals surface area contributed by atoms with E-state index < -0.39 is 79.5 Å². The fourth-order valence-corrected chi connectivity index (χ4v) is 8.21. The van der Waals surface area contributed by atoms with Crippen molar-refractivity contribution in [3.05, 3.63) is 52.4 Å². The third kappa shape index (κ3) is 16.2. The van der Waals surface area contributed by atoms with Crippen molar-refractivity contribution in [2.45, 2.75) is 128 Å². The molecule has 6 rings (SSSR count). The zero-order chi connectivity index (χ0) is 48.7. The summed E-state index contributed by atoms with van der Waals surface area (Å²) < 4.78 is 77.1. The number of aliphatic hydroxyl groups is 1. The number of hydrogen-bond donors (Lipinski definition) is 5. The second-order valence-corrected chi connectivity index (χ2v) is 19.6. The molecular weight excluding hydrogens is 872 g/mol. The highest BCUT2D eigenvalue weighted by atomic mass is 35.5. The Morgan fingerprint density at radius 3 is 2.19 bits per heavy atom. The largest absolute Gasteiger partial charge is 0.400 e. The number of amides is 4. The molecule has 6 N–H and O–H groups in total. The van der Waals surface area contributed by atoms with Crippen molar-refractivity contribution < 1.29 is 50.3 Å². The van der Waals surface area contributed by atoms with Crippen molar-refractivity contribution >= 4 is 56.8 Å². The monoisotopic (exact) mass is 934 g/mol. The first-order valence-electron chi connectivity index (χ1n) is 20.4. The molecule has 4 aliphatic rings. The number of fused-ring (bicyclic) bond motifs is 1. The number of terminal acetylenes is 1. The molecule has 5 atom stereocenters. The van der Waals surface area contributed by atoms with Crippen molar-refractivity contribution in [3.8, 4) is 12.8 Å². The molecule has 4 fully saturated rings. The predicted octanol–water partition coefficient (Wildman–Crippen LogP) is 6.05. The zero-order valence-electron chi connectivity index (χ0n) is 36.8. The van der Waals surface area contributed by atoms with Gasteiger partial charge < -0.3 is 26.0 Å². The van der Waals surface area contributed by atoms with Crippen molar-refractivity contribution in [2.75, 3.05) is 13.7 Å². The number of H-pyrrole nitrogens is 1. The number of hydrogen-bond acceptors (Lipinski definition) is 9. The molecule has 354 valence electrons. The van der Waals surface area contributed by atoms with E-state index in [-0.39, 0.29) is 24.7 Å². The van der Waals surface area contributed by atoms with E-state index in [0.717, 1.165) is 32.3 Å². The van der Waals surface area contributed by atoms with Gasteiger partial charge in [0.2, 0.25) is 40.6 Å². The van der Waals surface area contributed by atoms with Gasteiger partial charge in [0.15, 0.2) is 5.69 Å². The average Bonchev–Trinajstić information content (AvgIpc) is 4.13. The Morgan fingerprint density at radius 2 is 1.71 bits per heavy atom. The van der Waals surface area contributed by atoms with Gasteiger partial charge >= 0.3 is 0 Å². The van der Waals surface area contributed by atoms with E-state index in [0.29, 0.717) is 48.3 Å². The van der Waals surface area contributed by atoms with Gasteiger partial charge in [-0.05, 0) is 74.5 Å². The summed E-state index contributed by atoms with van der Waals surface area (Å²) in [5, 5.41) is 9.97. The van der Waals surface area contributed by atoms with Crippen LogP contribution in [0.2, 0.25) is 5.02 Å². The standard InChI is InChI=1S/C16H17ClF2N2O.C13H23N3O3.C9H13F2NO3S.C2H4.C2H2.CH4O/c17-11-6-7-12-13(9-11)21-15(22)14(20-12)16(18,19)8-2-1-3-10-4-5-10;1-8-5-6-16(9(8)11(14)18)12(19)10(15-7-17)13(2,3)4;1-9(2-3-9)16(14,15)12-8(13)6-4-5(6)7(10)11;3*1-2/h6-7,9-10H,1-5,8H2,(H,21,22);7-10H,5-6H2,1-4H3,(H2,14,18)(H,15,17);5-7H,2-4H2,1H3,(H,12,13);1-2H2;1-2H;2H,1H3/t;8-,9+,10-;5?,6-;;;/m.10.../s1. The number of sulfonamides is 1. The van der Waals surface area contributed by atoms with Crippen LogP contribution >= 0.6 is 11.6 Å². The number of nitrogens with one attached hydrogen (secondary N) is 3. The summed E-state index contributed by atoms with van der Waals surface area (Å²) in [6, 6.07) is 3.36. The van der Waals surface area contributed by atoms with Crippen LogP contribution in [0.4, 0.5) is 17.6 Å². The number of alkyl halides is 4. The second-order valence-electron chi connectivity index (χ2n) is 17.0. The number of aromatic nitrogens is 2. The fraction of sp³-hybridized carbons (Fsp3) is 0.628. The number of halogens is 5. The summed E-state index contributed by atoms with van der Waals surface area (Å²) in [6.07, 6.45) is 12.1. The molecule has 1 aliphatic heterocycles. The van der Waals surface area contributed by atoms with Gasteiger partial charge in [0.1, 0.15) is 12.1 Å². The Labute approximate surface area is 372 Å². The maximum absolute atomic E-state index is 14.3. The lowest BCUT2D eigenvalue weighted by atomic mass is 9.85. The van der Waals surface area contributed by atoms with Gasteiger partial charge in [-0.25, -0.2) is 22.2 Å². The zero-order valence-corrected chi connectivity index (χ0v) is 38.3. The van der Waals surface area contributed by atoms with E-state index in [1.807, 2.05) is 32.4 Å². The number of nitrogens with two attached hydrogens (primary N) is 1. The number of carbonyl (C=O) groups excluding carboxylic acids is 4. The highest BCUT2D eigenvalue weighted by Crippen LogP contribution is 2.46. The maximum atomic E-state index is 14.3. The van der Waals surface area contributed by atoms with E-state index in [1.54, 1.807) is 13.0 Å². The highest BCUT2D eigenvalue weighted by molar-refractivity contribution is 7.91. The molecule has 1 unspecified atom stereocenters. The molecule has 2 heterocycles. The number of carbonyl (C=O) groups is 4. The van der Waals surface area contributed by atoms with Gasteiger partial charge in [-0.3, -0.25) is 28.7 Å². The van der Waals surface area contributed by atoms with Crippen LogP contribution < -0.4 is 21.3 Å². The Morgan fingerprint density at radius 1 is 1.13 bits per heavy atom. The van der Waals surface area contributed by atoms with E-state index in [2.05, 4.69) is 41.3 Å². The average molecular weight is 936 g/mol. The Bertz CT molecular complexity index is 2040. The number of likely N-dealkylation sites (tertiary alicyclic amines) is 1. The van der Waals surface area contributed by atoms with Crippen LogP contribution in [0.15, 0.2) is 36.2 Å². The van der Waals surface area contributed by atoms with Gasteiger partial charge in [0.25, 0.3) is 11.5 Å².